The Kier molecular flexibility index (Phi) is 4.32. The SMILES string of the molecule is CN1CCN(c2ccc(Nc3cccc(Cl)c3)cc2)CC1. The minimum Gasteiger partial charge on any atom is -0.369 e. The predicted octanol–water partition coefficient (Wildman–Crippen LogP) is 3.84. The van der Waals surface area contributed by atoms with E-state index in [-0.39, 0.29) is 0 Å². The molecule has 0 aliphatic carbocycles. The van der Waals surface area contributed by atoms with Crippen LogP contribution in [0.1, 0.15) is 0 Å². The third kappa shape index (κ3) is 3.69. The van der Waals surface area contributed by atoms with Crippen molar-refractivity contribution in [3.63, 3.8) is 0 Å². The summed E-state index contributed by atoms with van der Waals surface area (Å²) < 4.78 is 0. The van der Waals surface area contributed by atoms with E-state index in [4.69, 9.17) is 11.6 Å². The number of hydrogen-bond donors (Lipinski definition) is 1. The normalized spacial score (nSPS) is 16.0. The molecule has 1 saturated heterocycles. The molecule has 1 fully saturated rings. The molecule has 0 amide bonds. The molecule has 3 nitrogen and oxygen atoms in total. The van der Waals surface area contributed by atoms with Crippen LogP contribution in [0.2, 0.25) is 5.02 Å². The van der Waals surface area contributed by atoms with Crippen molar-refractivity contribution >= 4 is 28.7 Å². The van der Waals surface area contributed by atoms with Crippen molar-refractivity contribution in [1.29, 1.82) is 0 Å². The molecule has 2 aromatic carbocycles. The van der Waals surface area contributed by atoms with Crippen LogP contribution in [0.5, 0.6) is 0 Å². The Morgan fingerprint density at radius 1 is 0.905 bits per heavy atom. The Morgan fingerprint density at radius 3 is 2.29 bits per heavy atom. The maximum absolute atomic E-state index is 6.00. The molecule has 0 atom stereocenters. The lowest BCUT2D eigenvalue weighted by Crippen LogP contribution is -2.44. The Labute approximate surface area is 131 Å². The predicted molar refractivity (Wildman–Crippen MR) is 90.9 cm³/mol. The summed E-state index contributed by atoms with van der Waals surface area (Å²) in [5.41, 5.74) is 3.38. The minimum absolute atomic E-state index is 0.744. The molecule has 21 heavy (non-hydrogen) atoms. The van der Waals surface area contributed by atoms with Gasteiger partial charge < -0.3 is 15.1 Å². The molecule has 1 N–H and O–H groups in total. The van der Waals surface area contributed by atoms with Gasteiger partial charge in [-0.15, -0.1) is 0 Å². The van der Waals surface area contributed by atoms with Crippen molar-refractivity contribution < 1.29 is 0 Å². The number of benzene rings is 2. The maximum Gasteiger partial charge on any atom is 0.0426 e. The van der Waals surface area contributed by atoms with E-state index in [1.807, 2.05) is 24.3 Å². The molecule has 110 valence electrons. The summed E-state index contributed by atoms with van der Waals surface area (Å²) in [6.45, 7) is 4.44. The molecule has 0 spiro atoms. The Morgan fingerprint density at radius 2 is 1.62 bits per heavy atom. The highest BCUT2D eigenvalue weighted by atomic mass is 35.5. The van der Waals surface area contributed by atoms with Crippen molar-refractivity contribution in [2.75, 3.05) is 43.4 Å². The van der Waals surface area contributed by atoms with Gasteiger partial charge in [0.2, 0.25) is 0 Å². The second-order valence-corrected chi connectivity index (χ2v) is 5.91. The summed E-state index contributed by atoms with van der Waals surface area (Å²) >= 11 is 6.00. The first-order valence-corrected chi connectivity index (χ1v) is 7.65. The van der Waals surface area contributed by atoms with Crippen molar-refractivity contribution in [3.05, 3.63) is 53.6 Å². The van der Waals surface area contributed by atoms with Gasteiger partial charge in [-0.2, -0.15) is 0 Å². The average molecular weight is 302 g/mol. The Balaban J connectivity index is 1.66. The van der Waals surface area contributed by atoms with Crippen LogP contribution in [-0.2, 0) is 0 Å². The molecule has 3 rings (SSSR count). The zero-order valence-electron chi connectivity index (χ0n) is 12.2. The molecule has 0 radical (unpaired) electrons. The van der Waals surface area contributed by atoms with Gasteiger partial charge in [-0.05, 0) is 49.5 Å². The topological polar surface area (TPSA) is 18.5 Å². The number of halogens is 1. The fourth-order valence-corrected chi connectivity index (χ4v) is 2.74. The van der Waals surface area contributed by atoms with Crippen LogP contribution in [0.25, 0.3) is 0 Å². The van der Waals surface area contributed by atoms with Crippen LogP contribution in [0.4, 0.5) is 17.1 Å². The van der Waals surface area contributed by atoms with E-state index in [9.17, 15) is 0 Å². The number of piperazine rings is 1. The van der Waals surface area contributed by atoms with Crippen LogP contribution in [0.15, 0.2) is 48.5 Å². The van der Waals surface area contributed by atoms with E-state index in [2.05, 4.69) is 46.4 Å². The van der Waals surface area contributed by atoms with Crippen molar-refractivity contribution in [2.45, 2.75) is 0 Å². The largest absolute Gasteiger partial charge is 0.369 e. The summed E-state index contributed by atoms with van der Waals surface area (Å²) in [4.78, 5) is 4.80. The van der Waals surface area contributed by atoms with Crippen LogP contribution in [-0.4, -0.2) is 38.1 Å². The van der Waals surface area contributed by atoms with Crippen molar-refractivity contribution in [1.82, 2.24) is 4.90 Å². The van der Waals surface area contributed by atoms with E-state index in [1.54, 1.807) is 0 Å². The third-order valence-corrected chi connectivity index (χ3v) is 4.08. The quantitative estimate of drug-likeness (QED) is 0.929. The zero-order valence-corrected chi connectivity index (χ0v) is 13.0. The van der Waals surface area contributed by atoms with Crippen molar-refractivity contribution in [3.8, 4) is 0 Å². The third-order valence-electron chi connectivity index (χ3n) is 3.85. The second-order valence-electron chi connectivity index (χ2n) is 5.47. The summed E-state index contributed by atoms with van der Waals surface area (Å²) in [5, 5.41) is 4.12. The molecular weight excluding hydrogens is 282 g/mol. The fraction of sp³-hybridized carbons (Fsp3) is 0.294. The first-order valence-electron chi connectivity index (χ1n) is 7.27. The molecule has 1 heterocycles. The van der Waals surface area contributed by atoms with Gasteiger partial charge in [0.1, 0.15) is 0 Å². The molecule has 0 bridgehead atoms. The molecule has 0 saturated carbocycles. The molecule has 0 aromatic heterocycles. The molecule has 4 heteroatoms. The smallest absolute Gasteiger partial charge is 0.0426 e. The fourth-order valence-electron chi connectivity index (χ4n) is 2.55. The van der Waals surface area contributed by atoms with Gasteiger partial charge in [-0.1, -0.05) is 17.7 Å². The maximum atomic E-state index is 6.00. The monoisotopic (exact) mass is 301 g/mol. The summed E-state index contributed by atoms with van der Waals surface area (Å²) in [6.07, 6.45) is 0. The van der Waals surface area contributed by atoms with E-state index >= 15 is 0 Å². The highest BCUT2D eigenvalue weighted by molar-refractivity contribution is 6.30. The van der Waals surface area contributed by atoms with E-state index in [0.717, 1.165) is 42.6 Å². The minimum atomic E-state index is 0.744. The lowest BCUT2D eigenvalue weighted by molar-refractivity contribution is 0.313. The Bertz CT molecular complexity index is 589. The lowest BCUT2D eigenvalue weighted by Gasteiger charge is -2.34. The van der Waals surface area contributed by atoms with Crippen LogP contribution >= 0.6 is 11.6 Å². The van der Waals surface area contributed by atoms with E-state index in [1.165, 1.54) is 5.69 Å². The molecule has 1 aliphatic heterocycles. The highest BCUT2D eigenvalue weighted by Crippen LogP contribution is 2.23. The van der Waals surface area contributed by atoms with Gasteiger partial charge in [-0.25, -0.2) is 0 Å². The number of likely N-dealkylation sites (N-methyl/N-ethyl adjacent to an activating group) is 1. The average Bonchev–Trinajstić information content (AvgIpc) is 2.49. The molecule has 2 aromatic rings. The number of hydrogen-bond acceptors (Lipinski definition) is 3. The standard InChI is InChI=1S/C17H20ClN3/c1-20-9-11-21(12-10-20)17-7-5-15(6-8-17)19-16-4-2-3-14(18)13-16/h2-8,13,19H,9-12H2,1H3. The second kappa shape index (κ2) is 6.37. The summed E-state index contributed by atoms with van der Waals surface area (Å²) in [5.74, 6) is 0. The van der Waals surface area contributed by atoms with Gasteiger partial charge >= 0.3 is 0 Å². The number of rotatable bonds is 3. The van der Waals surface area contributed by atoms with Crippen LogP contribution in [0.3, 0.4) is 0 Å². The zero-order chi connectivity index (χ0) is 14.7. The summed E-state index contributed by atoms with van der Waals surface area (Å²) in [7, 11) is 2.18. The molecule has 0 unspecified atom stereocenters. The van der Waals surface area contributed by atoms with Crippen LogP contribution in [0, 0.1) is 0 Å². The summed E-state index contributed by atoms with van der Waals surface area (Å²) in [6, 6.07) is 16.4. The number of anilines is 3. The molecule has 1 aliphatic rings. The van der Waals surface area contributed by atoms with Gasteiger partial charge in [0.25, 0.3) is 0 Å². The van der Waals surface area contributed by atoms with E-state index < -0.39 is 0 Å². The van der Waals surface area contributed by atoms with Gasteiger partial charge in [0.15, 0.2) is 0 Å². The Hall–Kier alpha value is -1.71. The lowest BCUT2D eigenvalue weighted by atomic mass is 10.2. The van der Waals surface area contributed by atoms with Crippen LogP contribution < -0.4 is 10.2 Å². The first-order chi connectivity index (χ1) is 10.2. The number of nitrogens with zero attached hydrogens (tertiary/aromatic N) is 2. The van der Waals surface area contributed by atoms with Gasteiger partial charge in [0, 0.05) is 48.3 Å². The first kappa shape index (κ1) is 14.2. The number of nitrogens with one attached hydrogen (secondary N) is 1. The van der Waals surface area contributed by atoms with Gasteiger partial charge in [0.05, 0.1) is 0 Å². The van der Waals surface area contributed by atoms with Crippen molar-refractivity contribution in [2.24, 2.45) is 0 Å². The van der Waals surface area contributed by atoms with E-state index in [0.29, 0.717) is 0 Å². The van der Waals surface area contributed by atoms with Gasteiger partial charge in [-0.3, -0.25) is 0 Å². The molecular formula is C17H20ClN3. The highest BCUT2D eigenvalue weighted by Gasteiger charge is 2.13.